The molecule has 3 rings (SSSR count). The summed E-state index contributed by atoms with van der Waals surface area (Å²) in [7, 11) is 1.98. The van der Waals surface area contributed by atoms with Crippen molar-refractivity contribution in [2.45, 2.75) is 25.4 Å². The first kappa shape index (κ1) is 13.7. The van der Waals surface area contributed by atoms with E-state index in [1.165, 1.54) is 6.92 Å². The minimum atomic E-state index is -0.0197. The molecule has 7 nitrogen and oxygen atoms in total. The van der Waals surface area contributed by atoms with Crippen LogP contribution in [0.1, 0.15) is 25.3 Å². The van der Waals surface area contributed by atoms with E-state index >= 15 is 0 Å². The van der Waals surface area contributed by atoms with E-state index in [0.29, 0.717) is 17.4 Å². The van der Waals surface area contributed by atoms with Crippen LogP contribution >= 0.6 is 0 Å². The topological polar surface area (TPSA) is 84.2 Å². The first-order chi connectivity index (χ1) is 10.1. The fourth-order valence-electron chi connectivity index (χ4n) is 2.65. The van der Waals surface area contributed by atoms with Gasteiger partial charge in [0, 0.05) is 25.7 Å². The first-order valence-corrected chi connectivity index (χ1v) is 6.86. The summed E-state index contributed by atoms with van der Waals surface area (Å²) < 4.78 is 5.37. The van der Waals surface area contributed by atoms with Gasteiger partial charge in [-0.1, -0.05) is 11.2 Å². The monoisotopic (exact) mass is 287 g/mol. The lowest BCUT2D eigenvalue weighted by Crippen LogP contribution is -2.34. The molecule has 1 fully saturated rings. The second-order valence-electron chi connectivity index (χ2n) is 5.26. The third-order valence-corrected chi connectivity index (χ3v) is 3.58. The van der Waals surface area contributed by atoms with Crippen LogP contribution in [0, 0.1) is 0 Å². The van der Waals surface area contributed by atoms with Crippen LogP contribution in [-0.2, 0) is 4.79 Å². The summed E-state index contributed by atoms with van der Waals surface area (Å²) in [5.74, 6) is 1.03. The lowest BCUT2D eigenvalue weighted by atomic mass is 10.1. The number of hydrogen-bond acceptors (Lipinski definition) is 6. The molecule has 1 N–H and O–H groups in total. The zero-order chi connectivity index (χ0) is 14.8. The highest BCUT2D eigenvalue weighted by Crippen LogP contribution is 2.30. The molecule has 2 aromatic rings. The standard InChI is InChI=1S/C14H17N5O2/c1-9(20)16-10-7-12(19(2)8-10)14-17-13(18-21-14)11-5-3-4-6-15-11/h3-6,10,12H,7-8H2,1-2H3,(H,16,20)/t10-,12-/m0/s1. The summed E-state index contributed by atoms with van der Waals surface area (Å²) >= 11 is 0. The third-order valence-electron chi connectivity index (χ3n) is 3.58. The van der Waals surface area contributed by atoms with E-state index < -0.39 is 0 Å². The van der Waals surface area contributed by atoms with Gasteiger partial charge < -0.3 is 9.84 Å². The molecule has 110 valence electrons. The number of nitrogens with one attached hydrogen (secondary N) is 1. The Morgan fingerprint density at radius 3 is 3.05 bits per heavy atom. The highest BCUT2D eigenvalue weighted by Gasteiger charge is 2.34. The molecule has 0 spiro atoms. The zero-order valence-corrected chi connectivity index (χ0v) is 12.0. The number of rotatable bonds is 3. The average molecular weight is 287 g/mol. The van der Waals surface area contributed by atoms with Gasteiger partial charge in [0.25, 0.3) is 0 Å². The SMILES string of the molecule is CC(=O)N[C@H]1C[C@@H](c2nc(-c3ccccn3)no2)N(C)C1. The van der Waals surface area contributed by atoms with Crippen LogP contribution in [0.3, 0.4) is 0 Å². The van der Waals surface area contributed by atoms with Crippen molar-refractivity contribution in [3.8, 4) is 11.5 Å². The Hall–Kier alpha value is -2.28. The highest BCUT2D eigenvalue weighted by molar-refractivity contribution is 5.73. The number of carbonyl (C=O) groups is 1. The molecule has 0 aromatic carbocycles. The normalized spacial score (nSPS) is 22.4. The second-order valence-corrected chi connectivity index (χ2v) is 5.26. The van der Waals surface area contributed by atoms with Crippen molar-refractivity contribution in [2.24, 2.45) is 0 Å². The maximum absolute atomic E-state index is 11.1. The van der Waals surface area contributed by atoms with E-state index in [4.69, 9.17) is 4.52 Å². The van der Waals surface area contributed by atoms with Gasteiger partial charge in [0.15, 0.2) is 0 Å². The van der Waals surface area contributed by atoms with E-state index in [1.54, 1.807) is 6.20 Å². The summed E-state index contributed by atoms with van der Waals surface area (Å²) in [6.07, 6.45) is 2.46. The summed E-state index contributed by atoms with van der Waals surface area (Å²) in [5, 5.41) is 6.92. The smallest absolute Gasteiger partial charge is 0.244 e. The molecule has 0 aliphatic carbocycles. The van der Waals surface area contributed by atoms with Gasteiger partial charge in [0.2, 0.25) is 17.6 Å². The number of aromatic nitrogens is 3. The number of likely N-dealkylation sites (tertiary alicyclic amines) is 1. The molecule has 1 saturated heterocycles. The average Bonchev–Trinajstić information content (AvgIpc) is 3.06. The lowest BCUT2D eigenvalue weighted by molar-refractivity contribution is -0.119. The molecule has 1 amide bonds. The molecule has 7 heteroatoms. The van der Waals surface area contributed by atoms with Crippen LogP contribution < -0.4 is 5.32 Å². The molecule has 0 radical (unpaired) electrons. The molecule has 0 bridgehead atoms. The fraction of sp³-hybridized carbons (Fsp3) is 0.429. The second kappa shape index (κ2) is 5.61. The molecule has 1 aliphatic rings. The molecule has 1 aliphatic heterocycles. The van der Waals surface area contributed by atoms with Crippen molar-refractivity contribution in [1.29, 1.82) is 0 Å². The quantitative estimate of drug-likeness (QED) is 0.907. The highest BCUT2D eigenvalue weighted by atomic mass is 16.5. The molecular weight excluding hydrogens is 270 g/mol. The van der Waals surface area contributed by atoms with Gasteiger partial charge in [-0.2, -0.15) is 4.98 Å². The van der Waals surface area contributed by atoms with Crippen molar-refractivity contribution in [1.82, 2.24) is 25.3 Å². The zero-order valence-electron chi connectivity index (χ0n) is 12.0. The Balaban J connectivity index is 1.76. The van der Waals surface area contributed by atoms with Gasteiger partial charge in [-0.15, -0.1) is 0 Å². The molecule has 3 heterocycles. The Labute approximate surface area is 122 Å². The number of hydrogen-bond donors (Lipinski definition) is 1. The number of pyridine rings is 1. The van der Waals surface area contributed by atoms with Crippen LogP contribution in [0.5, 0.6) is 0 Å². The van der Waals surface area contributed by atoms with E-state index in [0.717, 1.165) is 13.0 Å². The lowest BCUT2D eigenvalue weighted by Gasteiger charge is -2.13. The van der Waals surface area contributed by atoms with Gasteiger partial charge in [-0.05, 0) is 25.6 Å². The summed E-state index contributed by atoms with van der Waals surface area (Å²) in [6, 6.07) is 5.70. The van der Waals surface area contributed by atoms with Crippen molar-refractivity contribution in [3.63, 3.8) is 0 Å². The van der Waals surface area contributed by atoms with Gasteiger partial charge >= 0.3 is 0 Å². The van der Waals surface area contributed by atoms with E-state index in [2.05, 4.69) is 25.3 Å². The van der Waals surface area contributed by atoms with Gasteiger partial charge in [0.1, 0.15) is 5.69 Å². The number of likely N-dealkylation sites (N-methyl/N-ethyl adjacent to an activating group) is 1. The Morgan fingerprint density at radius 1 is 1.48 bits per heavy atom. The van der Waals surface area contributed by atoms with Crippen molar-refractivity contribution in [3.05, 3.63) is 30.3 Å². The number of carbonyl (C=O) groups excluding carboxylic acids is 1. The molecular formula is C14H17N5O2. The Kier molecular flexibility index (Phi) is 3.66. The number of nitrogens with zero attached hydrogens (tertiary/aromatic N) is 4. The van der Waals surface area contributed by atoms with Gasteiger partial charge in [-0.3, -0.25) is 14.7 Å². The van der Waals surface area contributed by atoms with Crippen LogP contribution in [0.15, 0.2) is 28.9 Å². The van der Waals surface area contributed by atoms with Gasteiger partial charge in [-0.25, -0.2) is 0 Å². The summed E-state index contributed by atoms with van der Waals surface area (Å²) in [5.41, 5.74) is 0.687. The number of amides is 1. The van der Waals surface area contributed by atoms with Crippen molar-refractivity contribution < 1.29 is 9.32 Å². The third kappa shape index (κ3) is 2.92. The van der Waals surface area contributed by atoms with Crippen molar-refractivity contribution >= 4 is 5.91 Å². The van der Waals surface area contributed by atoms with Crippen molar-refractivity contribution in [2.75, 3.05) is 13.6 Å². The summed E-state index contributed by atoms with van der Waals surface area (Å²) in [6.45, 7) is 2.30. The molecule has 2 aromatic heterocycles. The minimum absolute atomic E-state index is 0.0197. The van der Waals surface area contributed by atoms with E-state index in [1.807, 2.05) is 25.2 Å². The summed E-state index contributed by atoms with van der Waals surface area (Å²) in [4.78, 5) is 21.9. The minimum Gasteiger partial charge on any atom is -0.352 e. The maximum atomic E-state index is 11.1. The largest absolute Gasteiger partial charge is 0.352 e. The fourth-order valence-corrected chi connectivity index (χ4v) is 2.65. The first-order valence-electron chi connectivity index (χ1n) is 6.86. The molecule has 21 heavy (non-hydrogen) atoms. The van der Waals surface area contributed by atoms with Crippen LogP contribution in [0.4, 0.5) is 0 Å². The molecule has 0 unspecified atom stereocenters. The van der Waals surface area contributed by atoms with Crippen LogP contribution in [0.2, 0.25) is 0 Å². The van der Waals surface area contributed by atoms with E-state index in [-0.39, 0.29) is 18.0 Å². The predicted octanol–water partition coefficient (Wildman–Crippen LogP) is 1.01. The Morgan fingerprint density at radius 2 is 2.33 bits per heavy atom. The molecule has 2 atom stereocenters. The van der Waals surface area contributed by atoms with Gasteiger partial charge in [0.05, 0.1) is 6.04 Å². The predicted molar refractivity (Wildman–Crippen MR) is 75.1 cm³/mol. The van der Waals surface area contributed by atoms with Crippen LogP contribution in [0.25, 0.3) is 11.5 Å². The maximum Gasteiger partial charge on any atom is 0.244 e. The van der Waals surface area contributed by atoms with Crippen LogP contribution in [-0.4, -0.2) is 45.6 Å². The Bertz CT molecular complexity index is 627. The molecule has 0 saturated carbocycles. The van der Waals surface area contributed by atoms with E-state index in [9.17, 15) is 4.79 Å².